The minimum atomic E-state index is -0.681. The van der Waals surface area contributed by atoms with Crippen LogP contribution in [0, 0.1) is 0 Å². The Labute approximate surface area is 48.0 Å². The molecule has 1 N–H and O–H groups in total. The molecule has 1 aliphatic heterocycles. The van der Waals surface area contributed by atoms with Crippen LogP contribution < -0.4 is 0 Å². The molecule has 0 aromatic rings. The van der Waals surface area contributed by atoms with E-state index in [0.717, 1.165) is 0 Å². The number of nitrogens with zero attached hydrogens (tertiary/aromatic N) is 2. The molecule has 1 heterocycles. The van der Waals surface area contributed by atoms with Crippen molar-refractivity contribution in [1.82, 2.24) is 4.90 Å². The van der Waals surface area contributed by atoms with Gasteiger partial charge in [0.05, 0.1) is 0 Å². The van der Waals surface area contributed by atoms with Crippen LogP contribution in [0.4, 0.5) is 0 Å². The standard InChI is InChI=1S/C5H8N2O/c1-7-4-2-3-6-5(7)8/h2-5,8H,1H3. The molecule has 3 heteroatoms. The van der Waals surface area contributed by atoms with Crippen LogP contribution in [0.25, 0.3) is 0 Å². The second-order valence-corrected chi connectivity index (χ2v) is 1.65. The third kappa shape index (κ3) is 0.869. The van der Waals surface area contributed by atoms with E-state index >= 15 is 0 Å². The molecule has 0 aliphatic carbocycles. The molecule has 1 aliphatic rings. The highest BCUT2D eigenvalue weighted by Crippen LogP contribution is 1.97. The molecule has 0 saturated heterocycles. The van der Waals surface area contributed by atoms with Gasteiger partial charge in [-0.15, -0.1) is 0 Å². The maximum atomic E-state index is 8.85. The Balaban J connectivity index is 2.59. The van der Waals surface area contributed by atoms with E-state index in [4.69, 9.17) is 5.11 Å². The topological polar surface area (TPSA) is 35.8 Å². The molecule has 1 atom stereocenters. The van der Waals surface area contributed by atoms with Gasteiger partial charge in [-0.25, -0.2) is 4.99 Å². The molecule has 0 aromatic heterocycles. The molecule has 0 spiro atoms. The summed E-state index contributed by atoms with van der Waals surface area (Å²) in [6.07, 6.45) is 4.43. The van der Waals surface area contributed by atoms with Crippen LogP contribution in [0.2, 0.25) is 0 Å². The molecule has 0 bridgehead atoms. The van der Waals surface area contributed by atoms with Gasteiger partial charge in [0.25, 0.3) is 0 Å². The second kappa shape index (κ2) is 1.96. The summed E-state index contributed by atoms with van der Waals surface area (Å²) in [7, 11) is 1.76. The maximum Gasteiger partial charge on any atom is 0.224 e. The summed E-state index contributed by atoms with van der Waals surface area (Å²) in [5, 5.41) is 8.85. The lowest BCUT2D eigenvalue weighted by atomic mass is 10.5. The molecule has 1 unspecified atom stereocenters. The smallest absolute Gasteiger partial charge is 0.224 e. The highest BCUT2D eigenvalue weighted by atomic mass is 16.3. The van der Waals surface area contributed by atoms with Gasteiger partial charge in [0.2, 0.25) is 6.35 Å². The average Bonchev–Trinajstić information content (AvgIpc) is 1.77. The fraction of sp³-hybridized carbons (Fsp3) is 0.400. The maximum absolute atomic E-state index is 8.85. The van der Waals surface area contributed by atoms with Crippen molar-refractivity contribution < 1.29 is 5.11 Å². The number of allylic oxidation sites excluding steroid dienone is 1. The van der Waals surface area contributed by atoms with Crippen LogP contribution in [-0.2, 0) is 0 Å². The Morgan fingerprint density at radius 2 is 2.50 bits per heavy atom. The Morgan fingerprint density at radius 1 is 1.75 bits per heavy atom. The fourth-order valence-corrected chi connectivity index (χ4v) is 0.483. The lowest BCUT2D eigenvalue weighted by molar-refractivity contribution is 0.0626. The van der Waals surface area contributed by atoms with E-state index in [1.54, 1.807) is 30.4 Å². The first-order valence-electron chi connectivity index (χ1n) is 2.40. The number of aliphatic hydroxyl groups excluding tert-OH is 1. The Bertz CT molecular complexity index is 114. The molecule has 3 nitrogen and oxygen atoms in total. The molecule has 0 amide bonds. The van der Waals surface area contributed by atoms with Gasteiger partial charge >= 0.3 is 0 Å². The Kier molecular flexibility index (Phi) is 1.30. The average molecular weight is 112 g/mol. The van der Waals surface area contributed by atoms with Crippen molar-refractivity contribution >= 4 is 6.21 Å². The van der Waals surface area contributed by atoms with Crippen LogP contribution in [0.3, 0.4) is 0 Å². The Hall–Kier alpha value is -0.830. The van der Waals surface area contributed by atoms with Crippen molar-refractivity contribution in [1.29, 1.82) is 0 Å². The lowest BCUT2D eigenvalue weighted by Gasteiger charge is -2.18. The van der Waals surface area contributed by atoms with Gasteiger partial charge < -0.3 is 10.0 Å². The van der Waals surface area contributed by atoms with E-state index in [0.29, 0.717) is 0 Å². The highest BCUT2D eigenvalue weighted by Gasteiger charge is 2.03. The summed E-state index contributed by atoms with van der Waals surface area (Å²) in [6, 6.07) is 0. The van der Waals surface area contributed by atoms with Gasteiger partial charge in [0.15, 0.2) is 0 Å². The van der Waals surface area contributed by atoms with Crippen LogP contribution in [-0.4, -0.2) is 29.6 Å². The summed E-state index contributed by atoms with van der Waals surface area (Å²) in [5.74, 6) is 0. The zero-order chi connectivity index (χ0) is 5.98. The third-order valence-electron chi connectivity index (χ3n) is 0.991. The summed E-state index contributed by atoms with van der Waals surface area (Å²) >= 11 is 0. The summed E-state index contributed by atoms with van der Waals surface area (Å²) in [6.45, 7) is 0. The SMILES string of the molecule is CN1C=CC=NC1O. The minimum absolute atomic E-state index is 0.681. The molecule has 8 heavy (non-hydrogen) atoms. The van der Waals surface area contributed by atoms with Crippen LogP contribution in [0.15, 0.2) is 17.3 Å². The molecule has 1 rings (SSSR count). The monoisotopic (exact) mass is 112 g/mol. The molecular weight excluding hydrogens is 104 g/mol. The first-order chi connectivity index (χ1) is 3.80. The molecule has 0 saturated carbocycles. The third-order valence-corrected chi connectivity index (χ3v) is 0.991. The normalized spacial score (nSPS) is 26.8. The predicted octanol–water partition coefficient (Wildman–Crippen LogP) is -0.208. The van der Waals surface area contributed by atoms with Crippen molar-refractivity contribution in [2.45, 2.75) is 6.35 Å². The van der Waals surface area contributed by atoms with Crippen LogP contribution in [0.5, 0.6) is 0 Å². The van der Waals surface area contributed by atoms with E-state index in [1.807, 2.05) is 0 Å². The number of rotatable bonds is 0. The predicted molar refractivity (Wildman–Crippen MR) is 31.4 cm³/mol. The summed E-state index contributed by atoms with van der Waals surface area (Å²) < 4.78 is 0. The van der Waals surface area contributed by atoms with Gasteiger partial charge in [-0.05, 0) is 6.08 Å². The minimum Gasteiger partial charge on any atom is -0.355 e. The van der Waals surface area contributed by atoms with Gasteiger partial charge in [-0.3, -0.25) is 0 Å². The van der Waals surface area contributed by atoms with Gasteiger partial charge in [0.1, 0.15) is 0 Å². The highest BCUT2D eigenvalue weighted by molar-refractivity contribution is 5.71. The first-order valence-corrected chi connectivity index (χ1v) is 2.40. The molecule has 44 valence electrons. The molecule has 0 aromatic carbocycles. The molecule has 0 fully saturated rings. The second-order valence-electron chi connectivity index (χ2n) is 1.65. The van der Waals surface area contributed by atoms with Crippen LogP contribution in [0.1, 0.15) is 0 Å². The number of aliphatic imine (C=N–C) groups is 1. The van der Waals surface area contributed by atoms with Crippen molar-refractivity contribution in [2.24, 2.45) is 4.99 Å². The van der Waals surface area contributed by atoms with E-state index in [-0.39, 0.29) is 0 Å². The number of aliphatic hydroxyl groups is 1. The number of hydrogen-bond donors (Lipinski definition) is 1. The van der Waals surface area contributed by atoms with Gasteiger partial charge in [-0.2, -0.15) is 0 Å². The summed E-state index contributed by atoms with van der Waals surface area (Å²) in [5.41, 5.74) is 0. The number of hydrogen-bond acceptors (Lipinski definition) is 3. The van der Waals surface area contributed by atoms with E-state index in [9.17, 15) is 0 Å². The first kappa shape index (κ1) is 5.31. The lowest BCUT2D eigenvalue weighted by Crippen LogP contribution is -2.26. The van der Waals surface area contributed by atoms with Gasteiger partial charge in [0, 0.05) is 19.5 Å². The van der Waals surface area contributed by atoms with Gasteiger partial charge in [-0.1, -0.05) is 0 Å². The zero-order valence-corrected chi connectivity index (χ0v) is 4.65. The van der Waals surface area contributed by atoms with E-state index < -0.39 is 6.35 Å². The molecule has 0 radical (unpaired) electrons. The zero-order valence-electron chi connectivity index (χ0n) is 4.65. The fourth-order valence-electron chi connectivity index (χ4n) is 0.483. The van der Waals surface area contributed by atoms with Crippen molar-refractivity contribution in [2.75, 3.05) is 7.05 Å². The largest absolute Gasteiger partial charge is 0.355 e. The van der Waals surface area contributed by atoms with Crippen LogP contribution >= 0.6 is 0 Å². The van der Waals surface area contributed by atoms with Crippen molar-refractivity contribution in [3.63, 3.8) is 0 Å². The Morgan fingerprint density at radius 3 is 2.88 bits per heavy atom. The summed E-state index contributed by atoms with van der Waals surface area (Å²) in [4.78, 5) is 5.29. The van der Waals surface area contributed by atoms with E-state index in [2.05, 4.69) is 4.99 Å². The quantitative estimate of drug-likeness (QED) is 0.470. The van der Waals surface area contributed by atoms with Crippen molar-refractivity contribution in [3.8, 4) is 0 Å². The van der Waals surface area contributed by atoms with Crippen molar-refractivity contribution in [3.05, 3.63) is 12.3 Å². The van der Waals surface area contributed by atoms with E-state index in [1.165, 1.54) is 0 Å². The molecular formula is C5H8N2O.